The fraction of sp³-hybridized carbons (Fsp3) is 0.167. The maximum atomic E-state index is 13.6. The van der Waals surface area contributed by atoms with Crippen molar-refractivity contribution in [2.45, 2.75) is 25.3 Å². The van der Waals surface area contributed by atoms with Crippen LogP contribution in [-0.2, 0) is 4.79 Å². The summed E-state index contributed by atoms with van der Waals surface area (Å²) in [5, 5.41) is 8.25. The SMILES string of the molecule is O=C1CCCC2=C1C(c1cccs1)N(C(=O)Nc1ccc(F)cc1)c1ccccc1N2. The van der Waals surface area contributed by atoms with Crippen LogP contribution in [0, 0.1) is 5.82 Å². The normalized spacial score (nSPS) is 18.0. The molecule has 5 rings (SSSR count). The number of amides is 2. The van der Waals surface area contributed by atoms with E-state index in [1.54, 1.807) is 4.90 Å². The highest BCUT2D eigenvalue weighted by Crippen LogP contribution is 2.45. The number of anilines is 3. The van der Waals surface area contributed by atoms with Crippen molar-refractivity contribution in [3.8, 4) is 0 Å². The molecule has 1 aromatic heterocycles. The number of para-hydroxylation sites is 2. The zero-order valence-electron chi connectivity index (χ0n) is 16.6. The molecule has 0 bridgehead atoms. The molecule has 2 aromatic carbocycles. The second-order valence-electron chi connectivity index (χ2n) is 7.54. The van der Waals surface area contributed by atoms with E-state index in [0.29, 0.717) is 23.4 Å². The number of carbonyl (C=O) groups is 2. The predicted molar refractivity (Wildman–Crippen MR) is 121 cm³/mol. The molecule has 2 N–H and O–H groups in total. The van der Waals surface area contributed by atoms with Gasteiger partial charge in [0.05, 0.1) is 11.4 Å². The van der Waals surface area contributed by atoms with Crippen molar-refractivity contribution in [2.24, 2.45) is 0 Å². The van der Waals surface area contributed by atoms with Crippen molar-refractivity contribution in [3.05, 3.63) is 88.0 Å². The molecule has 3 aromatic rings. The molecule has 2 aliphatic rings. The van der Waals surface area contributed by atoms with Crippen LogP contribution in [0.15, 0.2) is 77.3 Å². The number of ketones is 1. The Hall–Kier alpha value is -3.45. The number of thiophene rings is 1. The molecule has 2 amide bonds. The number of nitrogens with one attached hydrogen (secondary N) is 2. The third-order valence-corrected chi connectivity index (χ3v) is 6.49. The molecule has 7 heteroatoms. The fourth-order valence-corrected chi connectivity index (χ4v) is 5.01. The van der Waals surface area contributed by atoms with Gasteiger partial charge in [-0.25, -0.2) is 9.18 Å². The Kier molecular flexibility index (Phi) is 5.03. The Balaban J connectivity index is 1.66. The molecule has 0 fully saturated rings. The standard InChI is InChI=1S/C24H20FN3O2S/c25-15-10-12-16(13-11-15)26-24(30)28-19-7-2-1-5-17(19)27-18-6-3-8-20(29)22(18)23(28)21-9-4-14-31-21/h1-2,4-5,7,9-14,23,27H,3,6,8H2,(H,26,30). The summed E-state index contributed by atoms with van der Waals surface area (Å²) in [4.78, 5) is 29.3. The number of urea groups is 1. The van der Waals surface area contributed by atoms with E-state index in [-0.39, 0.29) is 17.6 Å². The van der Waals surface area contributed by atoms with Gasteiger partial charge in [0.2, 0.25) is 0 Å². The number of halogens is 1. The first-order chi connectivity index (χ1) is 15.1. The summed E-state index contributed by atoms with van der Waals surface area (Å²) < 4.78 is 13.3. The molecule has 5 nitrogen and oxygen atoms in total. The molecule has 31 heavy (non-hydrogen) atoms. The Morgan fingerprint density at radius 1 is 1.06 bits per heavy atom. The van der Waals surface area contributed by atoms with Gasteiger partial charge in [-0.1, -0.05) is 18.2 Å². The summed E-state index contributed by atoms with van der Waals surface area (Å²) in [7, 11) is 0. The molecule has 156 valence electrons. The first-order valence-electron chi connectivity index (χ1n) is 10.1. The predicted octanol–water partition coefficient (Wildman–Crippen LogP) is 6.10. The minimum atomic E-state index is -0.542. The number of carbonyl (C=O) groups excluding carboxylic acids is 2. The van der Waals surface area contributed by atoms with Crippen LogP contribution < -0.4 is 15.5 Å². The lowest BCUT2D eigenvalue weighted by Gasteiger charge is -2.33. The number of hydrogen-bond acceptors (Lipinski definition) is 4. The summed E-state index contributed by atoms with van der Waals surface area (Å²) in [6.45, 7) is 0. The van der Waals surface area contributed by atoms with E-state index in [1.165, 1.54) is 35.6 Å². The number of allylic oxidation sites excluding steroid dienone is 1. The van der Waals surface area contributed by atoms with Crippen LogP contribution in [0.2, 0.25) is 0 Å². The molecular formula is C24H20FN3O2S. The second kappa shape index (κ2) is 8.00. The molecule has 1 aliphatic carbocycles. The van der Waals surface area contributed by atoms with E-state index in [9.17, 15) is 14.0 Å². The van der Waals surface area contributed by atoms with Gasteiger partial charge < -0.3 is 10.6 Å². The average molecular weight is 434 g/mol. The number of rotatable bonds is 2. The van der Waals surface area contributed by atoms with E-state index in [0.717, 1.165) is 29.1 Å². The van der Waals surface area contributed by atoms with E-state index >= 15 is 0 Å². The highest BCUT2D eigenvalue weighted by Gasteiger charge is 2.40. The lowest BCUT2D eigenvalue weighted by Crippen LogP contribution is -2.40. The minimum absolute atomic E-state index is 0.0551. The fourth-order valence-electron chi connectivity index (χ4n) is 4.19. The average Bonchev–Trinajstić information content (AvgIpc) is 3.25. The molecule has 0 saturated heterocycles. The van der Waals surface area contributed by atoms with Crippen molar-refractivity contribution >= 4 is 40.2 Å². The summed E-state index contributed by atoms with van der Waals surface area (Å²) in [6, 6.07) is 16.1. The maximum absolute atomic E-state index is 13.6. The third kappa shape index (κ3) is 3.61. The zero-order chi connectivity index (χ0) is 21.4. The van der Waals surface area contributed by atoms with Crippen LogP contribution >= 0.6 is 11.3 Å². The van der Waals surface area contributed by atoms with Crippen molar-refractivity contribution in [2.75, 3.05) is 15.5 Å². The molecule has 1 atom stereocenters. The van der Waals surface area contributed by atoms with Crippen LogP contribution in [0.25, 0.3) is 0 Å². The Morgan fingerprint density at radius 2 is 1.87 bits per heavy atom. The smallest absolute Gasteiger partial charge is 0.327 e. The number of Topliss-reactive ketones (excluding diaryl/α,β-unsaturated/α-hetero) is 1. The van der Waals surface area contributed by atoms with Gasteiger partial charge >= 0.3 is 6.03 Å². The van der Waals surface area contributed by atoms with E-state index in [2.05, 4.69) is 10.6 Å². The molecular weight excluding hydrogens is 413 g/mol. The lowest BCUT2D eigenvalue weighted by molar-refractivity contribution is -0.116. The van der Waals surface area contributed by atoms with Gasteiger partial charge in [0.1, 0.15) is 11.9 Å². The maximum Gasteiger partial charge on any atom is 0.327 e. The van der Waals surface area contributed by atoms with Crippen molar-refractivity contribution < 1.29 is 14.0 Å². The summed E-state index contributed by atoms with van der Waals surface area (Å²) in [6.07, 6.45) is 2.00. The second-order valence-corrected chi connectivity index (χ2v) is 8.52. The number of benzene rings is 2. The highest BCUT2D eigenvalue weighted by molar-refractivity contribution is 7.10. The van der Waals surface area contributed by atoms with E-state index in [1.807, 2.05) is 41.8 Å². The first kappa shape index (κ1) is 19.5. The van der Waals surface area contributed by atoms with Crippen molar-refractivity contribution in [1.82, 2.24) is 0 Å². The molecule has 1 unspecified atom stereocenters. The van der Waals surface area contributed by atoms with Gasteiger partial charge in [-0.05, 0) is 60.7 Å². The largest absolute Gasteiger partial charge is 0.357 e. The Morgan fingerprint density at radius 3 is 2.65 bits per heavy atom. The number of fused-ring (bicyclic) bond motifs is 1. The monoisotopic (exact) mass is 433 g/mol. The van der Waals surface area contributed by atoms with Crippen LogP contribution in [0.3, 0.4) is 0 Å². The van der Waals surface area contributed by atoms with Gasteiger partial charge in [-0.15, -0.1) is 11.3 Å². The lowest BCUT2D eigenvalue weighted by atomic mass is 9.88. The van der Waals surface area contributed by atoms with E-state index in [4.69, 9.17) is 0 Å². The Labute approximate surface area is 183 Å². The molecule has 0 spiro atoms. The summed E-state index contributed by atoms with van der Waals surface area (Å²) in [5.41, 5.74) is 3.45. The summed E-state index contributed by atoms with van der Waals surface area (Å²) >= 11 is 1.52. The van der Waals surface area contributed by atoms with Crippen LogP contribution in [0.4, 0.5) is 26.2 Å². The number of nitrogens with zero attached hydrogens (tertiary/aromatic N) is 1. The first-order valence-corrected chi connectivity index (χ1v) is 11.0. The van der Waals surface area contributed by atoms with Crippen molar-refractivity contribution in [3.63, 3.8) is 0 Å². The van der Waals surface area contributed by atoms with Crippen LogP contribution in [0.5, 0.6) is 0 Å². The third-order valence-electron chi connectivity index (χ3n) is 5.56. The van der Waals surface area contributed by atoms with Gasteiger partial charge in [0.15, 0.2) is 5.78 Å². The molecule has 1 aliphatic heterocycles. The topological polar surface area (TPSA) is 61.4 Å². The van der Waals surface area contributed by atoms with Gasteiger partial charge in [-0.3, -0.25) is 9.69 Å². The quantitative estimate of drug-likeness (QED) is 0.513. The van der Waals surface area contributed by atoms with Gasteiger partial charge in [0.25, 0.3) is 0 Å². The van der Waals surface area contributed by atoms with Gasteiger partial charge in [0, 0.05) is 28.3 Å². The van der Waals surface area contributed by atoms with Gasteiger partial charge in [-0.2, -0.15) is 0 Å². The van der Waals surface area contributed by atoms with Crippen LogP contribution in [0.1, 0.15) is 30.2 Å². The van der Waals surface area contributed by atoms with Crippen molar-refractivity contribution in [1.29, 1.82) is 0 Å². The minimum Gasteiger partial charge on any atom is -0.357 e. The highest BCUT2D eigenvalue weighted by atomic mass is 32.1. The van der Waals surface area contributed by atoms with E-state index < -0.39 is 6.04 Å². The molecule has 2 heterocycles. The summed E-state index contributed by atoms with van der Waals surface area (Å²) in [5.74, 6) is -0.319. The molecule has 0 radical (unpaired) electrons. The molecule has 0 saturated carbocycles. The Bertz CT molecular complexity index is 1170. The van der Waals surface area contributed by atoms with Crippen LogP contribution in [-0.4, -0.2) is 11.8 Å². The zero-order valence-corrected chi connectivity index (χ0v) is 17.4. The number of hydrogen-bond donors (Lipinski definition) is 2.